The molecule has 0 aromatic heterocycles. The molecule has 2 aliphatic carbocycles. The first-order chi connectivity index (χ1) is 19.5. The Bertz CT molecular complexity index is 1450. The quantitative estimate of drug-likeness (QED) is 0.219. The molecular weight excluding hydrogens is 538 g/mol. The monoisotopic (exact) mass is 569 g/mol. The second kappa shape index (κ2) is 10.5. The Hall–Kier alpha value is -3.81. The summed E-state index contributed by atoms with van der Waals surface area (Å²) in [6, 6.07) is 3.84. The number of carbonyl (C=O) groups is 3. The van der Waals surface area contributed by atoms with Gasteiger partial charge in [0.1, 0.15) is 35.6 Å². The number of fused-ring (bicyclic) bond motifs is 3. The summed E-state index contributed by atoms with van der Waals surface area (Å²) in [6.45, 7) is 4.21. The van der Waals surface area contributed by atoms with E-state index in [0.717, 1.165) is 0 Å². The van der Waals surface area contributed by atoms with E-state index in [1.807, 2.05) is 0 Å². The molecule has 0 saturated carbocycles. The fourth-order valence-corrected chi connectivity index (χ4v) is 6.03. The Kier molecular flexibility index (Phi) is 7.38. The van der Waals surface area contributed by atoms with Gasteiger partial charge < -0.3 is 45.1 Å². The van der Waals surface area contributed by atoms with E-state index in [1.54, 1.807) is 6.92 Å². The normalized spacial score (nSPS) is 28.8. The van der Waals surface area contributed by atoms with Crippen LogP contribution in [-0.2, 0) is 20.7 Å². The lowest BCUT2D eigenvalue weighted by Gasteiger charge is -2.42. The van der Waals surface area contributed by atoms with E-state index in [1.165, 1.54) is 31.5 Å². The molecule has 0 radical (unpaired) electrons. The van der Waals surface area contributed by atoms with Gasteiger partial charge in [-0.3, -0.25) is 14.4 Å². The fourth-order valence-electron chi connectivity index (χ4n) is 6.03. The molecule has 3 aliphatic rings. The van der Waals surface area contributed by atoms with Crippen molar-refractivity contribution in [2.45, 2.75) is 62.4 Å². The molecule has 218 valence electrons. The van der Waals surface area contributed by atoms with Crippen LogP contribution in [0.5, 0.6) is 17.2 Å². The van der Waals surface area contributed by atoms with E-state index >= 15 is 0 Å². The molecule has 4 unspecified atom stereocenters. The van der Waals surface area contributed by atoms with Gasteiger partial charge in [0, 0.05) is 36.0 Å². The Morgan fingerprint density at radius 3 is 2.56 bits per heavy atom. The summed E-state index contributed by atoms with van der Waals surface area (Å²) in [5.41, 5.74) is -3.61. The van der Waals surface area contributed by atoms with E-state index in [2.05, 4.69) is 11.9 Å². The van der Waals surface area contributed by atoms with Gasteiger partial charge in [-0.25, -0.2) is 0 Å². The number of hydrogen-bond acceptors (Lipinski definition) is 12. The van der Waals surface area contributed by atoms with Crippen LogP contribution >= 0.6 is 0 Å². The van der Waals surface area contributed by atoms with Gasteiger partial charge in [-0.1, -0.05) is 18.7 Å². The second-order valence-corrected chi connectivity index (χ2v) is 10.5. The van der Waals surface area contributed by atoms with Crippen molar-refractivity contribution < 1.29 is 54.1 Å². The molecule has 0 bridgehead atoms. The van der Waals surface area contributed by atoms with Gasteiger partial charge >= 0.3 is 0 Å². The Labute approximate surface area is 234 Å². The third-order valence-electron chi connectivity index (χ3n) is 8.09. The fraction of sp³-hybridized carbons (Fsp3) is 0.414. The first-order valence-corrected chi connectivity index (χ1v) is 13.1. The highest BCUT2D eigenvalue weighted by Gasteiger charge is 2.50. The maximum Gasteiger partial charge on any atom is 0.202 e. The third-order valence-corrected chi connectivity index (χ3v) is 8.09. The number of aliphatic hydroxyl groups is 3. The van der Waals surface area contributed by atoms with Crippen molar-refractivity contribution in [1.82, 2.24) is 5.32 Å². The molecule has 5 rings (SSSR count). The van der Waals surface area contributed by atoms with Crippen molar-refractivity contribution in [3.8, 4) is 17.2 Å². The van der Waals surface area contributed by atoms with Crippen molar-refractivity contribution in [2.24, 2.45) is 0 Å². The number of rotatable bonds is 7. The van der Waals surface area contributed by atoms with Gasteiger partial charge in [0.25, 0.3) is 0 Å². The number of aromatic hydroxyl groups is 2. The van der Waals surface area contributed by atoms with Crippen molar-refractivity contribution >= 4 is 17.3 Å². The predicted molar refractivity (Wildman–Crippen MR) is 141 cm³/mol. The summed E-state index contributed by atoms with van der Waals surface area (Å²) in [7, 11) is 1.33. The SMILES string of the molecule is C=CNC1CC(O[C@H]2C[C@](O)(C(=O)CO)Cc3c(O)c4c(c(O)c32)C(=O)c2c(OC)cccc2C4=O)OC(C)C1O. The van der Waals surface area contributed by atoms with Crippen LogP contribution in [-0.4, -0.2) is 86.7 Å². The highest BCUT2D eigenvalue weighted by molar-refractivity contribution is 6.31. The molecule has 2 aromatic carbocycles. The van der Waals surface area contributed by atoms with Crippen molar-refractivity contribution in [1.29, 1.82) is 0 Å². The molecule has 1 heterocycles. The number of carbonyl (C=O) groups excluding carboxylic acids is 3. The lowest BCUT2D eigenvalue weighted by molar-refractivity contribution is -0.249. The number of nitrogens with one attached hydrogen (secondary N) is 1. The zero-order valence-corrected chi connectivity index (χ0v) is 22.4. The number of hydrogen-bond donors (Lipinski definition) is 6. The van der Waals surface area contributed by atoms with Crippen LogP contribution in [0.3, 0.4) is 0 Å². The largest absolute Gasteiger partial charge is 0.507 e. The molecule has 1 aliphatic heterocycles. The lowest BCUT2D eigenvalue weighted by atomic mass is 9.72. The smallest absolute Gasteiger partial charge is 0.202 e. The molecule has 1 saturated heterocycles. The molecular formula is C29H31NO11. The first kappa shape index (κ1) is 28.7. The summed E-state index contributed by atoms with van der Waals surface area (Å²) in [4.78, 5) is 40.0. The van der Waals surface area contributed by atoms with E-state index in [4.69, 9.17) is 14.2 Å². The minimum absolute atomic E-state index is 0.0503. The molecule has 6 atom stereocenters. The van der Waals surface area contributed by atoms with Crippen LogP contribution in [0.1, 0.15) is 68.8 Å². The summed E-state index contributed by atoms with van der Waals surface area (Å²) in [6.07, 6.45) is -3.53. The second-order valence-electron chi connectivity index (χ2n) is 10.5. The molecule has 6 N–H and O–H groups in total. The standard InChI is InChI=1S/C29H31NO11/c1-4-30-15-8-19(40-12(2)24(15)33)41-17-10-29(38,18(32)11-31)9-14-21(17)28(37)23-22(26(14)35)25(34)13-6-5-7-16(39-3)20(13)27(23)36/h4-7,12,15,17,19,24,30-31,33,35,37-38H,1,8-11H2,2-3H3/t12?,15?,17-,19?,24?,29-/m0/s1. The van der Waals surface area contributed by atoms with Crippen molar-refractivity contribution in [3.63, 3.8) is 0 Å². The molecule has 12 nitrogen and oxygen atoms in total. The maximum atomic E-state index is 13.7. The highest BCUT2D eigenvalue weighted by Crippen LogP contribution is 2.52. The van der Waals surface area contributed by atoms with E-state index < -0.39 is 95.7 Å². The number of ether oxygens (including phenoxy) is 3. The molecule has 1 fully saturated rings. The van der Waals surface area contributed by atoms with E-state index in [0.29, 0.717) is 0 Å². The third kappa shape index (κ3) is 4.48. The van der Waals surface area contributed by atoms with Crippen LogP contribution in [0.15, 0.2) is 31.0 Å². The van der Waals surface area contributed by atoms with Gasteiger partial charge in [0.2, 0.25) is 5.78 Å². The van der Waals surface area contributed by atoms with Gasteiger partial charge in [-0.05, 0) is 19.2 Å². The number of aliphatic hydroxyl groups excluding tert-OH is 2. The topological polar surface area (TPSA) is 192 Å². The minimum atomic E-state index is -2.24. The number of phenols is 2. The van der Waals surface area contributed by atoms with Crippen LogP contribution in [0.25, 0.3) is 0 Å². The average Bonchev–Trinajstić information content (AvgIpc) is 2.95. The van der Waals surface area contributed by atoms with Gasteiger partial charge in [-0.15, -0.1) is 0 Å². The lowest BCUT2D eigenvalue weighted by Crippen LogP contribution is -2.53. The highest BCUT2D eigenvalue weighted by atomic mass is 16.7. The molecule has 2 aromatic rings. The summed E-state index contributed by atoms with van der Waals surface area (Å²) < 4.78 is 17.2. The minimum Gasteiger partial charge on any atom is -0.507 e. The molecule has 0 spiro atoms. The Morgan fingerprint density at radius 2 is 1.90 bits per heavy atom. The maximum absolute atomic E-state index is 13.7. The van der Waals surface area contributed by atoms with Gasteiger partial charge in [-0.2, -0.15) is 0 Å². The predicted octanol–water partition coefficient (Wildman–Crippen LogP) is 0.776. The summed E-state index contributed by atoms with van der Waals surface area (Å²) in [5, 5.41) is 57.2. The van der Waals surface area contributed by atoms with E-state index in [-0.39, 0.29) is 34.4 Å². The first-order valence-electron chi connectivity index (χ1n) is 13.1. The van der Waals surface area contributed by atoms with Crippen LogP contribution in [0, 0.1) is 0 Å². The molecule has 12 heteroatoms. The van der Waals surface area contributed by atoms with E-state index in [9.17, 15) is 39.9 Å². The zero-order chi connectivity index (χ0) is 29.8. The van der Waals surface area contributed by atoms with Gasteiger partial charge in [0.15, 0.2) is 17.9 Å². The number of Topliss-reactive ketones (excluding diaryl/α,β-unsaturated/α-hetero) is 1. The number of phenolic OH excluding ortho intramolecular Hbond substituents is 2. The summed E-state index contributed by atoms with van der Waals surface area (Å²) >= 11 is 0. The zero-order valence-electron chi connectivity index (χ0n) is 22.4. The average molecular weight is 570 g/mol. The van der Waals surface area contributed by atoms with Crippen molar-refractivity contribution in [3.05, 3.63) is 64.4 Å². The summed E-state index contributed by atoms with van der Waals surface area (Å²) in [5.74, 6) is -3.75. The molecule has 41 heavy (non-hydrogen) atoms. The Balaban J connectivity index is 1.66. The van der Waals surface area contributed by atoms with Crippen LogP contribution in [0.4, 0.5) is 0 Å². The van der Waals surface area contributed by atoms with Crippen molar-refractivity contribution in [2.75, 3.05) is 13.7 Å². The number of benzene rings is 2. The number of methoxy groups -OCH3 is 1. The Morgan fingerprint density at radius 1 is 1.20 bits per heavy atom. The van der Waals surface area contributed by atoms with Crippen LogP contribution in [0.2, 0.25) is 0 Å². The molecule has 0 amide bonds. The number of ketones is 3. The van der Waals surface area contributed by atoms with Gasteiger partial charge in [0.05, 0.1) is 42.0 Å². The van der Waals surface area contributed by atoms with Crippen LogP contribution < -0.4 is 10.1 Å².